The van der Waals surface area contributed by atoms with Crippen LogP contribution in [-0.2, 0) is 13.1 Å². The molecule has 2 aromatic heterocycles. The number of hydrogen-bond donors (Lipinski definition) is 2. The highest BCUT2D eigenvalue weighted by Gasteiger charge is 2.16. The molecule has 0 amide bonds. The second-order valence-electron chi connectivity index (χ2n) is 5.66. The van der Waals surface area contributed by atoms with E-state index in [1.54, 1.807) is 43.5 Å². The molecule has 11 heteroatoms. The maximum atomic E-state index is 12.8. The molecule has 0 saturated heterocycles. The first kappa shape index (κ1) is 23.1. The van der Waals surface area contributed by atoms with Crippen molar-refractivity contribution in [3.05, 3.63) is 47.2 Å². The Hall–Kier alpha value is -2.15. The van der Waals surface area contributed by atoms with Crippen LogP contribution in [0.2, 0.25) is 0 Å². The minimum absolute atomic E-state index is 0. The molecular weight excluding hydrogens is 515 g/mol. The molecule has 1 aromatic carbocycles. The van der Waals surface area contributed by atoms with Crippen LogP contribution in [-0.4, -0.2) is 35.6 Å². The summed E-state index contributed by atoms with van der Waals surface area (Å²) < 4.78 is 37.7. The van der Waals surface area contributed by atoms with Crippen molar-refractivity contribution in [2.75, 3.05) is 13.7 Å². The second kappa shape index (κ2) is 11.1. The predicted molar refractivity (Wildman–Crippen MR) is 120 cm³/mol. The van der Waals surface area contributed by atoms with Gasteiger partial charge in [0.05, 0.1) is 18.8 Å². The summed E-state index contributed by atoms with van der Waals surface area (Å²) in [7, 11) is 1.63. The third-order valence-corrected chi connectivity index (χ3v) is 4.59. The fourth-order valence-electron chi connectivity index (χ4n) is 2.63. The van der Waals surface area contributed by atoms with Gasteiger partial charge >= 0.3 is 6.61 Å². The van der Waals surface area contributed by atoms with E-state index >= 15 is 0 Å². The van der Waals surface area contributed by atoms with Crippen LogP contribution in [0.3, 0.4) is 0 Å². The van der Waals surface area contributed by atoms with Gasteiger partial charge in [-0.1, -0.05) is 12.1 Å². The van der Waals surface area contributed by atoms with E-state index < -0.39 is 6.61 Å². The third kappa shape index (κ3) is 6.16. The number of alkyl halides is 2. The van der Waals surface area contributed by atoms with Crippen LogP contribution in [0, 0.1) is 0 Å². The van der Waals surface area contributed by atoms with Gasteiger partial charge < -0.3 is 20.1 Å². The van der Waals surface area contributed by atoms with E-state index in [1.165, 1.54) is 0 Å². The number of halogens is 3. The Morgan fingerprint density at radius 2 is 2.10 bits per heavy atom. The molecule has 0 spiro atoms. The Bertz CT molecular complexity index is 919. The largest absolute Gasteiger partial charge is 0.490 e. The van der Waals surface area contributed by atoms with Crippen molar-refractivity contribution < 1.29 is 18.3 Å². The third-order valence-electron chi connectivity index (χ3n) is 3.82. The van der Waals surface area contributed by atoms with E-state index in [4.69, 9.17) is 4.74 Å². The molecule has 0 saturated carbocycles. The molecule has 0 unspecified atom stereocenters. The summed E-state index contributed by atoms with van der Waals surface area (Å²) in [6.45, 7) is -0.0911. The molecule has 0 aliphatic rings. The van der Waals surface area contributed by atoms with Gasteiger partial charge in [-0.05, 0) is 13.0 Å². The number of aliphatic imine (C=N–C) groups is 1. The zero-order chi connectivity index (χ0) is 19.9. The van der Waals surface area contributed by atoms with Gasteiger partial charge in [-0.3, -0.25) is 9.39 Å². The summed E-state index contributed by atoms with van der Waals surface area (Å²) in [5, 5.41) is 8.21. The predicted octanol–water partition coefficient (Wildman–Crippen LogP) is 3.88. The minimum Gasteiger partial charge on any atom is -0.490 e. The van der Waals surface area contributed by atoms with Gasteiger partial charge in [-0.2, -0.15) is 8.78 Å². The van der Waals surface area contributed by atoms with Crippen molar-refractivity contribution in [1.29, 1.82) is 0 Å². The number of thiazole rings is 1. The first-order valence-electron chi connectivity index (χ1n) is 8.65. The molecule has 2 N–H and O–H groups in total. The Morgan fingerprint density at radius 3 is 2.79 bits per heavy atom. The quantitative estimate of drug-likeness (QED) is 0.259. The van der Waals surface area contributed by atoms with Crippen LogP contribution >= 0.6 is 35.3 Å². The monoisotopic (exact) mass is 537 g/mol. The smallest absolute Gasteiger partial charge is 0.387 e. The Balaban J connectivity index is 0.00000300. The van der Waals surface area contributed by atoms with Gasteiger partial charge in [0.15, 0.2) is 22.4 Å². The molecule has 0 bridgehead atoms. The molecule has 3 aromatic rings. The number of nitrogens with zero attached hydrogens (tertiary/aromatic N) is 3. The number of fused-ring (bicyclic) bond motifs is 1. The highest BCUT2D eigenvalue weighted by atomic mass is 127. The van der Waals surface area contributed by atoms with Crippen LogP contribution in [0.1, 0.15) is 18.2 Å². The van der Waals surface area contributed by atoms with Crippen molar-refractivity contribution in [3.8, 4) is 11.5 Å². The van der Waals surface area contributed by atoms with E-state index in [0.717, 1.165) is 10.7 Å². The van der Waals surface area contributed by atoms with Crippen molar-refractivity contribution >= 4 is 46.2 Å². The SMILES string of the molecule is CCOc1cccc(CNC(=NC)NCc2cn3ccsc3n2)c1OC(F)F.I. The number of imidazole rings is 1. The summed E-state index contributed by atoms with van der Waals surface area (Å²) in [6, 6.07) is 5.03. The Morgan fingerprint density at radius 1 is 1.31 bits per heavy atom. The van der Waals surface area contributed by atoms with Gasteiger partial charge in [-0.25, -0.2) is 4.98 Å². The van der Waals surface area contributed by atoms with E-state index in [9.17, 15) is 8.78 Å². The molecule has 0 aliphatic carbocycles. The Labute approximate surface area is 188 Å². The van der Waals surface area contributed by atoms with Gasteiger partial charge in [0, 0.05) is 36.9 Å². The van der Waals surface area contributed by atoms with Crippen LogP contribution in [0.4, 0.5) is 8.78 Å². The number of nitrogens with one attached hydrogen (secondary N) is 2. The number of aromatic nitrogens is 2. The van der Waals surface area contributed by atoms with Crippen LogP contribution in [0.15, 0.2) is 41.0 Å². The molecule has 0 aliphatic heterocycles. The molecule has 0 atom stereocenters. The van der Waals surface area contributed by atoms with Crippen LogP contribution in [0.25, 0.3) is 4.96 Å². The maximum Gasteiger partial charge on any atom is 0.387 e. The number of benzene rings is 1. The number of guanidine groups is 1. The molecule has 0 fully saturated rings. The highest BCUT2D eigenvalue weighted by Crippen LogP contribution is 2.32. The van der Waals surface area contributed by atoms with Crippen LogP contribution < -0.4 is 20.1 Å². The number of para-hydroxylation sites is 1. The van der Waals surface area contributed by atoms with Gasteiger partial charge in [0.25, 0.3) is 0 Å². The lowest BCUT2D eigenvalue weighted by Crippen LogP contribution is -2.36. The van der Waals surface area contributed by atoms with Gasteiger partial charge in [0.2, 0.25) is 0 Å². The average molecular weight is 537 g/mol. The minimum atomic E-state index is -2.94. The molecule has 2 heterocycles. The average Bonchev–Trinajstić information content (AvgIpc) is 3.25. The topological polar surface area (TPSA) is 72.2 Å². The van der Waals surface area contributed by atoms with Crippen LogP contribution in [0.5, 0.6) is 11.5 Å². The molecule has 29 heavy (non-hydrogen) atoms. The lowest BCUT2D eigenvalue weighted by Gasteiger charge is -2.17. The molecule has 158 valence electrons. The summed E-state index contributed by atoms with van der Waals surface area (Å²) >= 11 is 1.56. The number of ether oxygens (including phenoxy) is 2. The molecular formula is C18H22F2IN5O2S. The van der Waals surface area contributed by atoms with Crippen molar-refractivity contribution in [3.63, 3.8) is 0 Å². The fourth-order valence-corrected chi connectivity index (χ4v) is 3.35. The van der Waals surface area contributed by atoms with Gasteiger partial charge in [-0.15, -0.1) is 35.3 Å². The second-order valence-corrected chi connectivity index (χ2v) is 6.53. The number of hydrogen-bond acceptors (Lipinski definition) is 5. The fraction of sp³-hybridized carbons (Fsp3) is 0.333. The summed E-state index contributed by atoms with van der Waals surface area (Å²) in [6.07, 6.45) is 3.88. The Kier molecular flexibility index (Phi) is 8.89. The van der Waals surface area contributed by atoms with Gasteiger partial charge in [0.1, 0.15) is 0 Å². The number of rotatable bonds is 8. The molecule has 0 radical (unpaired) electrons. The zero-order valence-corrected chi connectivity index (χ0v) is 19.0. The lowest BCUT2D eigenvalue weighted by atomic mass is 10.2. The standard InChI is InChI=1S/C18H21F2N5O2S.HI/c1-3-26-14-6-4-5-12(15(14)27-16(19)20)9-22-17(21-2)23-10-13-11-25-7-8-28-18(25)24-13;/h4-8,11,16H,3,9-10H2,1-2H3,(H2,21,22,23);1H. The summed E-state index contributed by atoms with van der Waals surface area (Å²) in [4.78, 5) is 9.56. The van der Waals surface area contributed by atoms with E-state index in [-0.39, 0.29) is 42.0 Å². The highest BCUT2D eigenvalue weighted by molar-refractivity contribution is 14.0. The van der Waals surface area contributed by atoms with Crippen molar-refractivity contribution in [1.82, 2.24) is 20.0 Å². The first-order valence-corrected chi connectivity index (χ1v) is 9.53. The van der Waals surface area contributed by atoms with E-state index in [2.05, 4.69) is 25.3 Å². The first-order chi connectivity index (χ1) is 13.6. The van der Waals surface area contributed by atoms with E-state index in [1.807, 2.05) is 22.2 Å². The summed E-state index contributed by atoms with van der Waals surface area (Å²) in [5.74, 6) is 0.820. The molecule has 3 rings (SSSR count). The lowest BCUT2D eigenvalue weighted by molar-refractivity contribution is -0.0520. The maximum absolute atomic E-state index is 12.8. The normalized spacial score (nSPS) is 11.4. The zero-order valence-electron chi connectivity index (χ0n) is 15.9. The van der Waals surface area contributed by atoms with Crippen molar-refractivity contribution in [2.24, 2.45) is 4.99 Å². The summed E-state index contributed by atoms with van der Waals surface area (Å²) in [5.41, 5.74) is 1.41. The van der Waals surface area contributed by atoms with E-state index in [0.29, 0.717) is 24.7 Å². The van der Waals surface area contributed by atoms with Crippen molar-refractivity contribution in [2.45, 2.75) is 26.6 Å². The molecule has 7 nitrogen and oxygen atoms in total.